The highest BCUT2D eigenvalue weighted by atomic mass is 19.3. The lowest BCUT2D eigenvalue weighted by Gasteiger charge is -2.38. The third-order valence-corrected chi connectivity index (χ3v) is 8.13. The van der Waals surface area contributed by atoms with E-state index in [1.54, 1.807) is 35.2 Å². The molecule has 2 saturated heterocycles. The van der Waals surface area contributed by atoms with Crippen molar-refractivity contribution < 1.29 is 27.6 Å². The van der Waals surface area contributed by atoms with Gasteiger partial charge in [-0.3, -0.25) is 24.4 Å². The number of hydrogen-bond acceptors (Lipinski definition) is 10. The minimum atomic E-state index is -2.90. The number of aromatic nitrogens is 6. The second-order valence-corrected chi connectivity index (χ2v) is 11.1. The molecule has 5 heterocycles. The number of likely N-dealkylation sites (tertiary alicyclic amines) is 1. The maximum atomic E-state index is 13.5. The van der Waals surface area contributed by atoms with E-state index in [0.717, 1.165) is 5.56 Å². The first-order valence-corrected chi connectivity index (χ1v) is 15.0. The number of urea groups is 1. The zero-order valence-corrected chi connectivity index (χ0v) is 24.9. The van der Waals surface area contributed by atoms with E-state index >= 15 is 0 Å². The molecule has 0 aliphatic carbocycles. The SMILES string of the molecule is O=C(c1cc(-c2nc3cc(NC(=O)N4CCCC4=O)ccc3o2)ccn1)N1CCN(C(c2ccccc2)c2nnn(C(F)F)n2)CC1. The topological polar surface area (TPSA) is 155 Å². The van der Waals surface area contributed by atoms with E-state index in [1.807, 2.05) is 35.2 Å². The summed E-state index contributed by atoms with van der Waals surface area (Å²) in [4.78, 5) is 52.0. The van der Waals surface area contributed by atoms with Gasteiger partial charge in [0.25, 0.3) is 5.91 Å². The number of carbonyl (C=O) groups is 3. The van der Waals surface area contributed by atoms with Gasteiger partial charge in [-0.05, 0) is 47.5 Å². The van der Waals surface area contributed by atoms with E-state index in [-0.39, 0.29) is 34.0 Å². The lowest BCUT2D eigenvalue weighted by atomic mass is 10.0. The van der Waals surface area contributed by atoms with Gasteiger partial charge in [-0.15, -0.1) is 10.2 Å². The number of amides is 4. The van der Waals surface area contributed by atoms with Crippen molar-refractivity contribution in [1.29, 1.82) is 0 Å². The second kappa shape index (κ2) is 12.6. The summed E-state index contributed by atoms with van der Waals surface area (Å²) in [6, 6.07) is 16.6. The van der Waals surface area contributed by atoms with Crippen molar-refractivity contribution in [2.75, 3.05) is 38.0 Å². The average Bonchev–Trinajstić information content (AvgIpc) is 3.86. The number of hydrogen-bond donors (Lipinski definition) is 1. The van der Waals surface area contributed by atoms with Gasteiger partial charge in [-0.1, -0.05) is 35.1 Å². The Hall–Kier alpha value is -5.64. The molecule has 240 valence electrons. The molecular weight excluding hydrogens is 614 g/mol. The van der Waals surface area contributed by atoms with Crippen LogP contribution in [0, 0.1) is 0 Å². The molecule has 0 saturated carbocycles. The summed E-state index contributed by atoms with van der Waals surface area (Å²) in [5, 5.41) is 14.1. The van der Waals surface area contributed by atoms with Gasteiger partial charge in [0.2, 0.25) is 11.8 Å². The van der Waals surface area contributed by atoms with E-state index in [9.17, 15) is 23.2 Å². The van der Waals surface area contributed by atoms with Crippen LogP contribution in [-0.2, 0) is 4.79 Å². The molecule has 2 aliphatic rings. The molecule has 16 heteroatoms. The molecule has 1 N–H and O–H groups in total. The van der Waals surface area contributed by atoms with Crippen LogP contribution in [-0.4, -0.2) is 95.4 Å². The number of piperazine rings is 1. The fourth-order valence-corrected chi connectivity index (χ4v) is 5.80. The van der Waals surface area contributed by atoms with Gasteiger partial charge in [0.1, 0.15) is 11.2 Å². The van der Waals surface area contributed by atoms with Crippen molar-refractivity contribution in [3.05, 3.63) is 83.9 Å². The first kappa shape index (κ1) is 30.0. The summed E-state index contributed by atoms with van der Waals surface area (Å²) in [6.45, 7) is -0.930. The summed E-state index contributed by atoms with van der Waals surface area (Å²) in [5.74, 6) is -0.0552. The number of alkyl halides is 2. The summed E-state index contributed by atoms with van der Waals surface area (Å²) in [7, 11) is 0. The lowest BCUT2D eigenvalue weighted by molar-refractivity contribution is -0.125. The monoisotopic (exact) mass is 642 g/mol. The Balaban J connectivity index is 1.04. The molecule has 7 rings (SSSR count). The zero-order valence-electron chi connectivity index (χ0n) is 24.9. The van der Waals surface area contributed by atoms with E-state index in [2.05, 4.69) is 30.7 Å². The molecule has 1 unspecified atom stereocenters. The van der Waals surface area contributed by atoms with Crippen LogP contribution in [0.4, 0.5) is 19.3 Å². The van der Waals surface area contributed by atoms with Gasteiger partial charge < -0.3 is 14.6 Å². The van der Waals surface area contributed by atoms with Gasteiger partial charge in [0.15, 0.2) is 11.4 Å². The molecule has 14 nitrogen and oxygen atoms in total. The largest absolute Gasteiger partial charge is 0.436 e. The highest BCUT2D eigenvalue weighted by Gasteiger charge is 2.32. The van der Waals surface area contributed by atoms with Gasteiger partial charge in [0.05, 0.1) is 6.04 Å². The number of pyridine rings is 1. The summed E-state index contributed by atoms with van der Waals surface area (Å²) >= 11 is 0. The first-order chi connectivity index (χ1) is 22.8. The number of rotatable bonds is 7. The summed E-state index contributed by atoms with van der Waals surface area (Å²) < 4.78 is 32.3. The highest BCUT2D eigenvalue weighted by molar-refractivity contribution is 6.02. The average molecular weight is 643 g/mol. The number of benzene rings is 2. The van der Waals surface area contributed by atoms with Gasteiger partial charge in [0, 0.05) is 56.6 Å². The van der Waals surface area contributed by atoms with Crippen molar-refractivity contribution >= 4 is 34.6 Å². The normalized spacial score (nSPS) is 16.3. The molecule has 0 spiro atoms. The highest BCUT2D eigenvalue weighted by Crippen LogP contribution is 2.29. The standard InChI is InChI=1S/C31H28F2N10O4/c32-30(33)43-38-27(37-39-43)26(19-5-2-1-3-6-19)40-13-15-41(16-14-40)29(45)23-17-20(10-11-34-23)28-36-22-18-21(8-9-24(22)47-28)35-31(46)42-12-4-7-25(42)44/h1-3,5-6,8-11,17-18,26,30H,4,7,12-16H2,(H,35,46). The lowest BCUT2D eigenvalue weighted by Crippen LogP contribution is -2.50. The van der Waals surface area contributed by atoms with Crippen LogP contribution in [0.2, 0.25) is 0 Å². The van der Waals surface area contributed by atoms with Crippen molar-refractivity contribution in [3.8, 4) is 11.5 Å². The third-order valence-electron chi connectivity index (χ3n) is 8.13. The van der Waals surface area contributed by atoms with E-state index < -0.39 is 18.6 Å². The van der Waals surface area contributed by atoms with Crippen molar-refractivity contribution in [2.45, 2.75) is 25.4 Å². The number of nitrogens with zero attached hydrogens (tertiary/aromatic N) is 9. The Morgan fingerprint density at radius 3 is 2.49 bits per heavy atom. The van der Waals surface area contributed by atoms with Crippen LogP contribution in [0.15, 0.2) is 71.3 Å². The van der Waals surface area contributed by atoms with E-state index in [4.69, 9.17) is 4.42 Å². The molecule has 0 bridgehead atoms. The summed E-state index contributed by atoms with van der Waals surface area (Å²) in [5.41, 5.74) is 3.02. The van der Waals surface area contributed by atoms with E-state index in [0.29, 0.717) is 67.9 Å². The molecule has 1 atom stereocenters. The number of halogens is 2. The Bertz CT molecular complexity index is 1940. The second-order valence-electron chi connectivity index (χ2n) is 11.1. The Morgan fingerprint density at radius 2 is 1.77 bits per heavy atom. The van der Waals surface area contributed by atoms with Crippen molar-refractivity contribution in [2.24, 2.45) is 0 Å². The fourth-order valence-electron chi connectivity index (χ4n) is 5.80. The molecule has 3 aromatic heterocycles. The maximum absolute atomic E-state index is 13.5. The van der Waals surface area contributed by atoms with Gasteiger partial charge in [-0.25, -0.2) is 9.78 Å². The molecule has 47 heavy (non-hydrogen) atoms. The number of anilines is 1. The number of oxazole rings is 1. The minimum absolute atomic E-state index is 0.153. The Labute approximate surface area is 266 Å². The molecule has 2 aliphatic heterocycles. The van der Waals surface area contributed by atoms with Crippen LogP contribution in [0.3, 0.4) is 0 Å². The van der Waals surface area contributed by atoms with Crippen LogP contribution >= 0.6 is 0 Å². The van der Waals surface area contributed by atoms with Crippen LogP contribution in [0.25, 0.3) is 22.6 Å². The van der Waals surface area contributed by atoms with E-state index in [1.165, 1.54) is 11.1 Å². The van der Waals surface area contributed by atoms with Gasteiger partial charge >= 0.3 is 12.6 Å². The van der Waals surface area contributed by atoms with Crippen LogP contribution in [0.1, 0.15) is 47.3 Å². The van der Waals surface area contributed by atoms with Crippen molar-refractivity contribution in [1.82, 2.24) is 44.9 Å². The number of carbonyl (C=O) groups excluding carboxylic acids is 3. The summed E-state index contributed by atoms with van der Waals surface area (Å²) in [6.07, 6.45) is 2.51. The Morgan fingerprint density at radius 1 is 0.957 bits per heavy atom. The molecule has 0 radical (unpaired) electrons. The maximum Gasteiger partial charge on any atom is 0.350 e. The Kier molecular flexibility index (Phi) is 8.07. The predicted molar refractivity (Wildman–Crippen MR) is 162 cm³/mol. The minimum Gasteiger partial charge on any atom is -0.436 e. The van der Waals surface area contributed by atoms with Crippen LogP contribution in [0.5, 0.6) is 0 Å². The number of tetrazole rings is 1. The molecule has 4 amide bonds. The van der Waals surface area contributed by atoms with Crippen molar-refractivity contribution in [3.63, 3.8) is 0 Å². The molecule has 2 fully saturated rings. The predicted octanol–water partition coefficient (Wildman–Crippen LogP) is 3.97. The number of fused-ring (bicyclic) bond motifs is 1. The third kappa shape index (κ3) is 6.14. The number of imide groups is 1. The fraction of sp³-hybridized carbons (Fsp3) is 0.290. The van der Waals surface area contributed by atoms with Crippen LogP contribution < -0.4 is 5.32 Å². The first-order valence-electron chi connectivity index (χ1n) is 15.0. The molecule has 2 aromatic carbocycles. The number of nitrogens with one attached hydrogen (secondary N) is 1. The molecular formula is C31H28F2N10O4. The van der Waals surface area contributed by atoms with Gasteiger partial charge in [-0.2, -0.15) is 8.78 Å². The molecule has 5 aromatic rings. The zero-order chi connectivity index (χ0) is 32.5. The smallest absolute Gasteiger partial charge is 0.350 e. The quantitative estimate of drug-likeness (QED) is 0.276.